The molecule has 4 rings (SSSR count). The molecule has 3 heterocycles. The fourth-order valence-electron chi connectivity index (χ4n) is 3.30. The molecule has 0 aromatic carbocycles. The largest absolute Gasteiger partial charge is 0.469 e. The molecule has 1 unspecified atom stereocenters. The number of rotatable bonds is 4. The van der Waals surface area contributed by atoms with Crippen LogP contribution in [0.3, 0.4) is 0 Å². The highest BCUT2D eigenvalue weighted by Gasteiger charge is 2.30. The summed E-state index contributed by atoms with van der Waals surface area (Å²) in [5.41, 5.74) is 1.18. The maximum absolute atomic E-state index is 12.6. The Kier molecular flexibility index (Phi) is 4.42. The number of hydrogen-bond acceptors (Lipinski definition) is 5. The van der Waals surface area contributed by atoms with E-state index in [9.17, 15) is 14.4 Å². The summed E-state index contributed by atoms with van der Waals surface area (Å²) in [4.78, 5) is 44.0. The monoisotopic (exact) mass is 363 g/mol. The van der Waals surface area contributed by atoms with Gasteiger partial charge in [0, 0.05) is 42.5 Å². The number of hydrogen-bond donors (Lipinski definition) is 2. The van der Waals surface area contributed by atoms with E-state index in [4.69, 9.17) is 4.42 Å². The van der Waals surface area contributed by atoms with Crippen molar-refractivity contribution in [3.8, 4) is 0 Å². The van der Waals surface area contributed by atoms with Crippen LogP contribution in [0.2, 0.25) is 0 Å². The number of carbonyl (C=O) groups excluding carboxylic acids is 2. The molecule has 7 heteroatoms. The molecule has 1 amide bonds. The molecule has 0 fully saturated rings. The zero-order chi connectivity index (χ0) is 18.8. The Bertz CT molecular complexity index is 1040. The fraction of sp³-hybridized carbons (Fsp3) is 0.200. The van der Waals surface area contributed by atoms with Gasteiger partial charge in [0.1, 0.15) is 11.3 Å². The van der Waals surface area contributed by atoms with Gasteiger partial charge in [-0.1, -0.05) is 6.07 Å². The summed E-state index contributed by atoms with van der Waals surface area (Å²) in [7, 11) is 0. The molecule has 7 nitrogen and oxygen atoms in total. The van der Waals surface area contributed by atoms with E-state index < -0.39 is 11.5 Å². The maximum Gasteiger partial charge on any atom is 0.261 e. The van der Waals surface area contributed by atoms with Gasteiger partial charge in [-0.05, 0) is 36.2 Å². The van der Waals surface area contributed by atoms with Gasteiger partial charge in [0.2, 0.25) is 0 Å². The van der Waals surface area contributed by atoms with Crippen molar-refractivity contribution in [3.63, 3.8) is 0 Å². The van der Waals surface area contributed by atoms with Gasteiger partial charge in [0.05, 0.1) is 6.26 Å². The maximum atomic E-state index is 12.6. The minimum atomic E-state index is -0.524. The quantitative estimate of drug-likeness (QED) is 0.739. The minimum absolute atomic E-state index is 0.0672. The molecular weight excluding hydrogens is 346 g/mol. The van der Waals surface area contributed by atoms with Crippen LogP contribution in [-0.2, 0) is 13.0 Å². The number of H-pyrrole nitrogens is 1. The topological polar surface area (TPSA) is 105 Å². The van der Waals surface area contributed by atoms with E-state index in [1.807, 2.05) is 12.1 Å². The smallest absolute Gasteiger partial charge is 0.261 e. The van der Waals surface area contributed by atoms with Gasteiger partial charge in [-0.3, -0.25) is 19.4 Å². The van der Waals surface area contributed by atoms with Gasteiger partial charge in [0.25, 0.3) is 11.5 Å². The number of pyridine rings is 2. The van der Waals surface area contributed by atoms with Crippen LogP contribution in [0, 0.1) is 0 Å². The number of Topliss-reactive ketones (excluding diaryl/α,β-unsaturated/α-hetero) is 1. The lowest BCUT2D eigenvalue weighted by molar-refractivity contribution is 0.0949. The molecule has 3 aromatic rings. The van der Waals surface area contributed by atoms with Crippen LogP contribution < -0.4 is 10.9 Å². The first-order valence-electron chi connectivity index (χ1n) is 8.61. The van der Waals surface area contributed by atoms with E-state index in [1.165, 1.54) is 6.07 Å². The summed E-state index contributed by atoms with van der Waals surface area (Å²) in [5.74, 6) is -0.0342. The van der Waals surface area contributed by atoms with Gasteiger partial charge in [-0.2, -0.15) is 0 Å². The van der Waals surface area contributed by atoms with Crippen LogP contribution in [-0.4, -0.2) is 21.7 Å². The summed E-state index contributed by atoms with van der Waals surface area (Å²) in [6.07, 6.45) is 5.61. The van der Waals surface area contributed by atoms with Crippen LogP contribution in [0.15, 0.2) is 58.2 Å². The van der Waals surface area contributed by atoms with E-state index in [0.29, 0.717) is 23.4 Å². The second-order valence-corrected chi connectivity index (χ2v) is 6.49. The highest BCUT2D eigenvalue weighted by Crippen LogP contribution is 2.31. The van der Waals surface area contributed by atoms with Crippen LogP contribution in [0.5, 0.6) is 0 Å². The molecule has 27 heavy (non-hydrogen) atoms. The number of ketones is 1. The van der Waals surface area contributed by atoms with Crippen molar-refractivity contribution in [2.45, 2.75) is 25.3 Å². The molecule has 1 aliphatic rings. The minimum Gasteiger partial charge on any atom is -0.469 e. The number of aromatic amines is 1. The number of fused-ring (bicyclic) bond motifs is 1. The number of amides is 1. The van der Waals surface area contributed by atoms with Crippen LogP contribution in [0.4, 0.5) is 0 Å². The lowest BCUT2D eigenvalue weighted by Crippen LogP contribution is -2.32. The molecule has 3 aromatic heterocycles. The van der Waals surface area contributed by atoms with E-state index >= 15 is 0 Å². The summed E-state index contributed by atoms with van der Waals surface area (Å²) >= 11 is 0. The lowest BCUT2D eigenvalue weighted by Gasteiger charge is -2.22. The molecule has 0 saturated carbocycles. The normalized spacial score (nSPS) is 16.0. The third-order valence-electron chi connectivity index (χ3n) is 4.67. The van der Waals surface area contributed by atoms with E-state index in [0.717, 1.165) is 5.56 Å². The molecule has 2 N–H and O–H groups in total. The van der Waals surface area contributed by atoms with Crippen molar-refractivity contribution < 1.29 is 14.0 Å². The molecule has 0 spiro atoms. The highest BCUT2D eigenvalue weighted by molar-refractivity contribution is 6.02. The van der Waals surface area contributed by atoms with Crippen LogP contribution >= 0.6 is 0 Å². The first-order valence-corrected chi connectivity index (χ1v) is 8.61. The van der Waals surface area contributed by atoms with Crippen LogP contribution in [0.1, 0.15) is 50.1 Å². The standard InChI is InChI=1S/C20H17N3O4/c24-17-8-13(18-4-2-6-27-18)7-16-14(17)9-15(20(26)23-16)19(25)22-11-12-3-1-5-21-10-12/h1-6,9-10,13H,7-8,11H2,(H,22,25)(H,23,26). The highest BCUT2D eigenvalue weighted by atomic mass is 16.3. The van der Waals surface area contributed by atoms with Crippen molar-refractivity contribution >= 4 is 11.7 Å². The van der Waals surface area contributed by atoms with Crippen molar-refractivity contribution in [1.29, 1.82) is 0 Å². The Labute approximate surface area is 154 Å². The SMILES string of the molecule is O=C1CC(c2ccco2)Cc2[nH]c(=O)c(C(=O)NCc3cccnc3)cc21. The summed E-state index contributed by atoms with van der Waals surface area (Å²) in [6.45, 7) is 0.248. The second kappa shape index (κ2) is 7.03. The molecule has 0 bridgehead atoms. The Morgan fingerprint density at radius 3 is 2.89 bits per heavy atom. The average molecular weight is 363 g/mol. The predicted molar refractivity (Wildman–Crippen MR) is 96.6 cm³/mol. The van der Waals surface area contributed by atoms with Gasteiger partial charge in [-0.15, -0.1) is 0 Å². The van der Waals surface area contributed by atoms with Crippen molar-refractivity contribution in [1.82, 2.24) is 15.3 Å². The Morgan fingerprint density at radius 2 is 2.15 bits per heavy atom. The van der Waals surface area contributed by atoms with Gasteiger partial charge >= 0.3 is 0 Å². The van der Waals surface area contributed by atoms with Crippen molar-refractivity contribution in [2.75, 3.05) is 0 Å². The molecule has 0 saturated heterocycles. The van der Waals surface area contributed by atoms with Crippen LogP contribution in [0.25, 0.3) is 0 Å². The Morgan fingerprint density at radius 1 is 1.26 bits per heavy atom. The zero-order valence-corrected chi connectivity index (χ0v) is 14.4. The average Bonchev–Trinajstić information content (AvgIpc) is 3.21. The Hall–Kier alpha value is -3.48. The molecule has 0 aliphatic heterocycles. The number of nitrogens with one attached hydrogen (secondary N) is 2. The van der Waals surface area contributed by atoms with E-state index in [-0.39, 0.29) is 30.2 Å². The molecule has 0 radical (unpaired) electrons. The van der Waals surface area contributed by atoms with Gasteiger partial charge in [-0.25, -0.2) is 0 Å². The predicted octanol–water partition coefficient (Wildman–Crippen LogP) is 2.21. The molecule has 1 atom stereocenters. The fourth-order valence-corrected chi connectivity index (χ4v) is 3.30. The van der Waals surface area contributed by atoms with Crippen molar-refractivity contribution in [3.05, 3.63) is 87.5 Å². The third kappa shape index (κ3) is 3.44. The number of nitrogens with zero attached hydrogens (tertiary/aromatic N) is 1. The first kappa shape index (κ1) is 17.0. The number of aromatic nitrogens is 2. The summed E-state index contributed by atoms with van der Waals surface area (Å²) in [6, 6.07) is 8.58. The van der Waals surface area contributed by atoms with E-state index in [1.54, 1.807) is 30.8 Å². The molecule has 1 aliphatic carbocycles. The third-order valence-corrected chi connectivity index (χ3v) is 4.67. The number of carbonyl (C=O) groups is 2. The lowest BCUT2D eigenvalue weighted by atomic mass is 9.84. The Balaban J connectivity index is 1.56. The first-order chi connectivity index (χ1) is 13.1. The van der Waals surface area contributed by atoms with Crippen molar-refractivity contribution in [2.24, 2.45) is 0 Å². The van der Waals surface area contributed by atoms with E-state index in [2.05, 4.69) is 15.3 Å². The summed E-state index contributed by atoms with van der Waals surface area (Å²) < 4.78 is 5.39. The van der Waals surface area contributed by atoms with Gasteiger partial charge in [0.15, 0.2) is 5.78 Å². The molecule has 136 valence electrons. The van der Waals surface area contributed by atoms with Gasteiger partial charge < -0.3 is 14.7 Å². The second-order valence-electron chi connectivity index (χ2n) is 6.49. The number of furan rings is 1. The molecular formula is C20H17N3O4. The summed E-state index contributed by atoms with van der Waals surface area (Å²) in [5, 5.41) is 2.68. The zero-order valence-electron chi connectivity index (χ0n) is 14.4.